The van der Waals surface area contributed by atoms with Crippen molar-refractivity contribution in [2.45, 2.75) is 39.8 Å². The Balaban J connectivity index is 1.96. The van der Waals surface area contributed by atoms with Crippen LogP contribution in [0.4, 0.5) is 0 Å². The average Bonchev–Trinajstić information content (AvgIpc) is 2.85. The van der Waals surface area contributed by atoms with Gasteiger partial charge < -0.3 is 9.63 Å². The monoisotopic (exact) mass is 289 g/mol. The van der Waals surface area contributed by atoms with Crippen LogP contribution in [-0.2, 0) is 13.0 Å². The topological polar surface area (TPSA) is 62.4 Å². The summed E-state index contributed by atoms with van der Waals surface area (Å²) in [5.74, 6) is 1.30. The van der Waals surface area contributed by atoms with Crippen LogP contribution in [0.3, 0.4) is 0 Å². The smallest absolute Gasteiger partial charge is 0.240 e. The van der Waals surface area contributed by atoms with Gasteiger partial charge in [-0.05, 0) is 26.5 Å². The normalized spacial score (nSPS) is 12.9. The van der Waals surface area contributed by atoms with Crippen molar-refractivity contribution in [2.24, 2.45) is 0 Å². The van der Waals surface area contributed by atoms with Crippen LogP contribution in [0.2, 0.25) is 0 Å². The molecule has 0 aliphatic rings. The third kappa shape index (κ3) is 4.37. The van der Waals surface area contributed by atoms with Gasteiger partial charge in [0.25, 0.3) is 0 Å². The van der Waals surface area contributed by atoms with Gasteiger partial charge in [0.2, 0.25) is 5.89 Å². The molecule has 0 spiro atoms. The second-order valence-electron chi connectivity index (χ2n) is 5.59. The number of hydrogen-bond acceptors (Lipinski definition) is 5. The molecule has 0 aliphatic carbocycles. The van der Waals surface area contributed by atoms with E-state index >= 15 is 0 Å². The number of aromatic nitrogens is 2. The Bertz CT molecular complexity index is 575. The van der Waals surface area contributed by atoms with E-state index in [0.29, 0.717) is 24.8 Å². The van der Waals surface area contributed by atoms with Gasteiger partial charge in [0, 0.05) is 13.0 Å². The fraction of sp³-hybridized carbons (Fsp3) is 0.500. The number of aryl methyl sites for hydroxylation is 3. The zero-order valence-corrected chi connectivity index (χ0v) is 13.1. The number of likely N-dealkylation sites (N-methyl/N-ethyl adjacent to an activating group) is 1. The van der Waals surface area contributed by atoms with Gasteiger partial charge in [-0.3, -0.25) is 4.90 Å². The molecule has 5 heteroatoms. The lowest BCUT2D eigenvalue weighted by Crippen LogP contribution is -2.24. The van der Waals surface area contributed by atoms with Gasteiger partial charge in [0.15, 0.2) is 5.82 Å². The summed E-state index contributed by atoms with van der Waals surface area (Å²) in [6.45, 7) is 7.12. The quantitative estimate of drug-likeness (QED) is 0.885. The van der Waals surface area contributed by atoms with Gasteiger partial charge in [-0.2, -0.15) is 4.98 Å². The molecular formula is C16H23N3O2. The second-order valence-corrected chi connectivity index (χ2v) is 5.59. The molecule has 114 valence electrons. The zero-order chi connectivity index (χ0) is 15.4. The summed E-state index contributed by atoms with van der Waals surface area (Å²) < 4.78 is 5.17. The summed E-state index contributed by atoms with van der Waals surface area (Å²) in [5, 5.41) is 14.2. The largest absolute Gasteiger partial charge is 0.387 e. The van der Waals surface area contributed by atoms with E-state index in [1.807, 2.05) is 44.9 Å². The molecule has 5 nitrogen and oxygen atoms in total. The van der Waals surface area contributed by atoms with E-state index in [1.165, 1.54) is 0 Å². The predicted molar refractivity (Wildman–Crippen MR) is 80.9 cm³/mol. The summed E-state index contributed by atoms with van der Waals surface area (Å²) in [7, 11) is 1.93. The standard InChI is InChI=1S/C16H23N3O2/c1-5-15-17-16(21-18-15)10-19(4)9-14(20)13-7-11(2)6-12(3)8-13/h6-8,14,20H,5,9-10H2,1-4H3. The Morgan fingerprint density at radius 2 is 1.90 bits per heavy atom. The molecule has 2 aromatic rings. The van der Waals surface area contributed by atoms with E-state index in [0.717, 1.165) is 23.1 Å². The minimum Gasteiger partial charge on any atom is -0.387 e. The number of hydrogen-bond donors (Lipinski definition) is 1. The Hall–Kier alpha value is -1.72. The van der Waals surface area contributed by atoms with Crippen molar-refractivity contribution in [1.82, 2.24) is 15.0 Å². The maximum absolute atomic E-state index is 10.4. The lowest BCUT2D eigenvalue weighted by Gasteiger charge is -2.19. The molecule has 0 amide bonds. The van der Waals surface area contributed by atoms with Crippen molar-refractivity contribution in [3.8, 4) is 0 Å². The Morgan fingerprint density at radius 1 is 1.24 bits per heavy atom. The van der Waals surface area contributed by atoms with Crippen molar-refractivity contribution >= 4 is 0 Å². The van der Waals surface area contributed by atoms with E-state index in [2.05, 4.69) is 16.2 Å². The molecule has 0 saturated carbocycles. The molecule has 1 atom stereocenters. The summed E-state index contributed by atoms with van der Waals surface area (Å²) in [6, 6.07) is 6.14. The fourth-order valence-corrected chi connectivity index (χ4v) is 2.40. The average molecular weight is 289 g/mol. The first-order chi connectivity index (χ1) is 9.97. The van der Waals surface area contributed by atoms with Crippen LogP contribution >= 0.6 is 0 Å². The molecule has 1 unspecified atom stereocenters. The van der Waals surface area contributed by atoms with Crippen molar-refractivity contribution in [3.05, 3.63) is 46.6 Å². The summed E-state index contributed by atoms with van der Waals surface area (Å²) >= 11 is 0. The van der Waals surface area contributed by atoms with E-state index < -0.39 is 6.10 Å². The highest BCUT2D eigenvalue weighted by Crippen LogP contribution is 2.18. The van der Waals surface area contributed by atoms with Crippen molar-refractivity contribution in [2.75, 3.05) is 13.6 Å². The van der Waals surface area contributed by atoms with Crippen LogP contribution in [0.15, 0.2) is 22.7 Å². The van der Waals surface area contributed by atoms with Crippen LogP contribution in [-0.4, -0.2) is 33.7 Å². The SMILES string of the molecule is CCc1noc(CN(C)CC(O)c2cc(C)cc(C)c2)n1. The lowest BCUT2D eigenvalue weighted by atomic mass is 10.0. The third-order valence-electron chi connectivity index (χ3n) is 3.34. The number of rotatable bonds is 6. The number of aliphatic hydroxyl groups excluding tert-OH is 1. The Labute approximate surface area is 125 Å². The first-order valence-corrected chi connectivity index (χ1v) is 7.24. The van der Waals surface area contributed by atoms with Crippen LogP contribution in [0.1, 0.15) is 41.4 Å². The Morgan fingerprint density at radius 3 is 2.48 bits per heavy atom. The molecule has 0 aliphatic heterocycles. The molecule has 1 heterocycles. The molecule has 0 saturated heterocycles. The van der Waals surface area contributed by atoms with Gasteiger partial charge in [-0.25, -0.2) is 0 Å². The summed E-state index contributed by atoms with van der Waals surface area (Å²) in [6.07, 6.45) is 0.237. The predicted octanol–water partition coefficient (Wildman–Crippen LogP) is 2.41. The zero-order valence-electron chi connectivity index (χ0n) is 13.1. The molecular weight excluding hydrogens is 266 g/mol. The highest BCUT2D eigenvalue weighted by molar-refractivity contribution is 5.30. The minimum atomic E-state index is -0.526. The molecule has 0 radical (unpaired) electrons. The van der Waals surface area contributed by atoms with Gasteiger partial charge >= 0.3 is 0 Å². The highest BCUT2D eigenvalue weighted by Gasteiger charge is 2.14. The second kappa shape index (κ2) is 6.83. The van der Waals surface area contributed by atoms with Crippen molar-refractivity contribution < 1.29 is 9.63 Å². The molecule has 0 fully saturated rings. The van der Waals surface area contributed by atoms with Crippen LogP contribution in [0, 0.1) is 13.8 Å². The third-order valence-corrected chi connectivity index (χ3v) is 3.34. The number of nitrogens with zero attached hydrogens (tertiary/aromatic N) is 3. The van der Waals surface area contributed by atoms with Gasteiger partial charge in [-0.1, -0.05) is 41.4 Å². The first-order valence-electron chi connectivity index (χ1n) is 7.24. The molecule has 1 N–H and O–H groups in total. The lowest BCUT2D eigenvalue weighted by molar-refractivity contribution is 0.117. The van der Waals surface area contributed by atoms with Gasteiger partial charge in [0.1, 0.15) is 0 Å². The molecule has 1 aromatic heterocycles. The molecule has 0 bridgehead atoms. The van der Waals surface area contributed by atoms with Crippen LogP contribution in [0.5, 0.6) is 0 Å². The minimum absolute atomic E-state index is 0.521. The molecule has 2 rings (SSSR count). The van der Waals surface area contributed by atoms with Crippen LogP contribution in [0.25, 0.3) is 0 Å². The van der Waals surface area contributed by atoms with E-state index in [-0.39, 0.29) is 0 Å². The Kier molecular flexibility index (Phi) is 5.09. The highest BCUT2D eigenvalue weighted by atomic mass is 16.5. The maximum atomic E-state index is 10.4. The van der Waals surface area contributed by atoms with Crippen molar-refractivity contribution in [1.29, 1.82) is 0 Å². The number of aliphatic hydroxyl groups is 1. The summed E-state index contributed by atoms with van der Waals surface area (Å²) in [5.41, 5.74) is 3.27. The first kappa shape index (κ1) is 15.7. The summed E-state index contributed by atoms with van der Waals surface area (Å²) in [4.78, 5) is 6.26. The van der Waals surface area contributed by atoms with Crippen LogP contribution < -0.4 is 0 Å². The fourth-order valence-electron chi connectivity index (χ4n) is 2.40. The maximum Gasteiger partial charge on any atom is 0.240 e. The molecule has 1 aromatic carbocycles. The molecule has 21 heavy (non-hydrogen) atoms. The van der Waals surface area contributed by atoms with E-state index in [4.69, 9.17) is 4.52 Å². The van der Waals surface area contributed by atoms with Crippen molar-refractivity contribution in [3.63, 3.8) is 0 Å². The number of benzene rings is 1. The van der Waals surface area contributed by atoms with Gasteiger partial charge in [0.05, 0.1) is 12.6 Å². The van der Waals surface area contributed by atoms with Gasteiger partial charge in [-0.15, -0.1) is 0 Å². The van der Waals surface area contributed by atoms with E-state index in [1.54, 1.807) is 0 Å². The van der Waals surface area contributed by atoms with E-state index in [9.17, 15) is 5.11 Å².